The quantitative estimate of drug-likeness (QED) is 0.600. The number of anilines is 1. The molecule has 0 saturated heterocycles. The van der Waals surface area contributed by atoms with Crippen LogP contribution in [0.25, 0.3) is 0 Å². The van der Waals surface area contributed by atoms with Crippen molar-refractivity contribution in [2.24, 2.45) is 0 Å². The van der Waals surface area contributed by atoms with E-state index in [-0.39, 0.29) is 23.7 Å². The summed E-state index contributed by atoms with van der Waals surface area (Å²) in [6.45, 7) is -0.607. The largest absolute Gasteiger partial charge is 0.452 e. The molecule has 0 radical (unpaired) electrons. The van der Waals surface area contributed by atoms with Crippen LogP contribution in [0.5, 0.6) is 0 Å². The predicted molar refractivity (Wildman–Crippen MR) is 77.9 cm³/mol. The van der Waals surface area contributed by atoms with Crippen molar-refractivity contribution in [3.63, 3.8) is 0 Å². The van der Waals surface area contributed by atoms with Crippen LogP contribution in [0.3, 0.4) is 0 Å². The van der Waals surface area contributed by atoms with Gasteiger partial charge >= 0.3 is 5.97 Å². The molecule has 0 bridgehead atoms. The number of ether oxygens (including phenoxy) is 1. The van der Waals surface area contributed by atoms with Crippen molar-refractivity contribution in [3.8, 4) is 0 Å². The van der Waals surface area contributed by atoms with E-state index in [2.05, 4.69) is 5.32 Å². The third-order valence-corrected chi connectivity index (χ3v) is 2.88. The average molecular weight is 314 g/mol. The number of nitrogen functional groups attached to an aromatic ring is 1. The van der Waals surface area contributed by atoms with Crippen LogP contribution in [-0.2, 0) is 14.3 Å². The van der Waals surface area contributed by atoms with E-state index >= 15 is 0 Å². The van der Waals surface area contributed by atoms with Crippen molar-refractivity contribution in [2.75, 3.05) is 33.0 Å². The molecule has 21 heavy (non-hydrogen) atoms. The zero-order chi connectivity index (χ0) is 16.0. The van der Waals surface area contributed by atoms with Crippen LogP contribution in [0.15, 0.2) is 18.2 Å². The van der Waals surface area contributed by atoms with E-state index in [1.165, 1.54) is 32.3 Å². The zero-order valence-electron chi connectivity index (χ0n) is 11.7. The summed E-state index contributed by atoms with van der Waals surface area (Å²) in [7, 11) is 2.89. The third kappa shape index (κ3) is 4.96. The van der Waals surface area contributed by atoms with E-state index < -0.39 is 18.5 Å². The Morgan fingerprint density at radius 3 is 2.67 bits per heavy atom. The molecule has 0 fully saturated rings. The second-order valence-electron chi connectivity index (χ2n) is 4.23. The fourth-order valence-electron chi connectivity index (χ4n) is 1.40. The first-order chi connectivity index (χ1) is 9.85. The van der Waals surface area contributed by atoms with Gasteiger partial charge < -0.3 is 20.7 Å². The third-order valence-electron chi connectivity index (χ3n) is 2.65. The first kappa shape index (κ1) is 16.8. The molecule has 0 heterocycles. The van der Waals surface area contributed by atoms with Crippen LogP contribution in [0.2, 0.25) is 5.02 Å². The molecule has 0 saturated carbocycles. The number of rotatable bonds is 5. The fraction of sp³-hybridized carbons (Fsp3) is 0.308. The first-order valence-electron chi connectivity index (χ1n) is 6.02. The molecule has 1 aromatic rings. The van der Waals surface area contributed by atoms with Crippen molar-refractivity contribution in [2.45, 2.75) is 0 Å². The van der Waals surface area contributed by atoms with E-state index in [0.29, 0.717) is 5.02 Å². The van der Waals surface area contributed by atoms with Crippen molar-refractivity contribution < 1.29 is 19.1 Å². The van der Waals surface area contributed by atoms with E-state index in [1.807, 2.05) is 0 Å². The summed E-state index contributed by atoms with van der Waals surface area (Å²) in [5, 5.41) is 2.72. The van der Waals surface area contributed by atoms with Crippen LogP contribution in [0, 0.1) is 0 Å². The van der Waals surface area contributed by atoms with E-state index in [9.17, 15) is 14.4 Å². The summed E-state index contributed by atoms with van der Waals surface area (Å²) >= 11 is 5.76. The lowest BCUT2D eigenvalue weighted by Crippen LogP contribution is -2.39. The molecule has 0 spiro atoms. The molecule has 0 aliphatic heterocycles. The molecule has 114 valence electrons. The number of likely N-dealkylation sites (N-methyl/N-ethyl adjacent to an activating group) is 2. The standard InChI is InChI=1S/C13H16ClN3O4/c1-16-11(18)6-17(2)12(19)7-21-13(20)9-5-8(14)3-4-10(9)15/h3-5H,6-7,15H2,1-2H3,(H,16,18). The maximum absolute atomic E-state index is 11.8. The maximum Gasteiger partial charge on any atom is 0.340 e. The smallest absolute Gasteiger partial charge is 0.340 e. The molecule has 1 aromatic carbocycles. The fourth-order valence-corrected chi connectivity index (χ4v) is 1.58. The molecule has 3 N–H and O–H groups in total. The minimum absolute atomic E-state index is 0.0873. The minimum Gasteiger partial charge on any atom is -0.452 e. The lowest BCUT2D eigenvalue weighted by molar-refractivity contribution is -0.137. The Hall–Kier alpha value is -2.28. The summed E-state index contributed by atoms with van der Waals surface area (Å²) in [6, 6.07) is 4.37. The zero-order valence-corrected chi connectivity index (χ0v) is 12.4. The molecule has 0 unspecified atom stereocenters. The number of hydrogen-bond donors (Lipinski definition) is 2. The SMILES string of the molecule is CNC(=O)CN(C)C(=O)COC(=O)c1cc(Cl)ccc1N. The maximum atomic E-state index is 11.8. The summed E-state index contributed by atoms with van der Waals surface area (Å²) in [5.74, 6) is -1.58. The summed E-state index contributed by atoms with van der Waals surface area (Å²) in [5.41, 5.74) is 5.92. The summed E-state index contributed by atoms with van der Waals surface area (Å²) in [6.07, 6.45) is 0. The number of esters is 1. The highest BCUT2D eigenvalue weighted by atomic mass is 35.5. The molecule has 2 amide bonds. The number of halogens is 1. The average Bonchev–Trinajstić information content (AvgIpc) is 2.46. The Bertz CT molecular complexity index is 562. The molecule has 0 aliphatic rings. The number of benzene rings is 1. The Labute approximate surface area is 127 Å². The van der Waals surface area contributed by atoms with Gasteiger partial charge in [-0.05, 0) is 18.2 Å². The van der Waals surface area contributed by atoms with Gasteiger partial charge in [0.05, 0.1) is 12.1 Å². The number of carbonyl (C=O) groups excluding carboxylic acids is 3. The second kappa shape index (κ2) is 7.49. The minimum atomic E-state index is -0.753. The second-order valence-corrected chi connectivity index (χ2v) is 4.67. The van der Waals surface area contributed by atoms with Gasteiger partial charge in [0.2, 0.25) is 5.91 Å². The van der Waals surface area contributed by atoms with Crippen molar-refractivity contribution >= 4 is 35.1 Å². The summed E-state index contributed by atoms with van der Waals surface area (Å²) < 4.78 is 4.86. The van der Waals surface area contributed by atoms with Gasteiger partial charge in [-0.1, -0.05) is 11.6 Å². The topological polar surface area (TPSA) is 102 Å². The predicted octanol–water partition coefficient (Wildman–Crippen LogP) is 0.283. The summed E-state index contributed by atoms with van der Waals surface area (Å²) in [4.78, 5) is 35.8. The van der Waals surface area contributed by atoms with E-state index in [4.69, 9.17) is 22.1 Å². The lowest BCUT2D eigenvalue weighted by Gasteiger charge is -2.16. The van der Waals surface area contributed by atoms with E-state index in [1.54, 1.807) is 0 Å². The molecule has 8 heteroatoms. The molecular formula is C13H16ClN3O4. The monoisotopic (exact) mass is 313 g/mol. The van der Waals surface area contributed by atoms with Crippen LogP contribution in [0.4, 0.5) is 5.69 Å². The van der Waals surface area contributed by atoms with Gasteiger partial charge in [0, 0.05) is 24.8 Å². The molecule has 0 aliphatic carbocycles. The highest BCUT2D eigenvalue weighted by molar-refractivity contribution is 6.31. The molecule has 7 nitrogen and oxygen atoms in total. The highest BCUT2D eigenvalue weighted by Gasteiger charge is 2.17. The number of nitrogens with one attached hydrogen (secondary N) is 1. The van der Waals surface area contributed by atoms with Gasteiger partial charge in [0.1, 0.15) is 0 Å². The van der Waals surface area contributed by atoms with Gasteiger partial charge in [0.25, 0.3) is 5.91 Å². The Balaban J connectivity index is 2.58. The van der Waals surface area contributed by atoms with Crippen molar-refractivity contribution in [1.82, 2.24) is 10.2 Å². The van der Waals surface area contributed by atoms with Crippen LogP contribution >= 0.6 is 11.6 Å². The van der Waals surface area contributed by atoms with Gasteiger partial charge in [-0.2, -0.15) is 0 Å². The number of hydrogen-bond acceptors (Lipinski definition) is 5. The van der Waals surface area contributed by atoms with Crippen molar-refractivity contribution in [3.05, 3.63) is 28.8 Å². The van der Waals surface area contributed by atoms with Gasteiger partial charge in [-0.25, -0.2) is 4.79 Å². The van der Waals surface area contributed by atoms with Gasteiger partial charge in [-0.3, -0.25) is 9.59 Å². The number of carbonyl (C=O) groups is 3. The number of nitrogens with zero attached hydrogens (tertiary/aromatic N) is 1. The molecule has 1 rings (SSSR count). The number of nitrogens with two attached hydrogens (primary N) is 1. The Morgan fingerprint density at radius 2 is 2.05 bits per heavy atom. The first-order valence-corrected chi connectivity index (χ1v) is 6.39. The van der Waals surface area contributed by atoms with Crippen LogP contribution in [-0.4, -0.2) is 49.9 Å². The van der Waals surface area contributed by atoms with Gasteiger partial charge in [-0.15, -0.1) is 0 Å². The normalized spacial score (nSPS) is 9.86. The molecular weight excluding hydrogens is 298 g/mol. The van der Waals surface area contributed by atoms with E-state index in [0.717, 1.165) is 4.90 Å². The van der Waals surface area contributed by atoms with Crippen LogP contribution < -0.4 is 11.1 Å². The highest BCUT2D eigenvalue weighted by Crippen LogP contribution is 2.18. The van der Waals surface area contributed by atoms with Crippen molar-refractivity contribution in [1.29, 1.82) is 0 Å². The molecule has 0 aromatic heterocycles. The Morgan fingerprint density at radius 1 is 1.38 bits per heavy atom. The Kier molecular flexibility index (Phi) is 5.98. The lowest BCUT2D eigenvalue weighted by atomic mass is 10.2. The van der Waals surface area contributed by atoms with Crippen LogP contribution in [0.1, 0.15) is 10.4 Å². The number of amides is 2. The molecule has 0 atom stereocenters. The van der Waals surface area contributed by atoms with Gasteiger partial charge in [0.15, 0.2) is 6.61 Å².